The number of hydrogen-bond donors (Lipinski definition) is 1. The highest BCUT2D eigenvalue weighted by Crippen LogP contribution is 2.36. The van der Waals surface area contributed by atoms with E-state index in [2.05, 4.69) is 87.7 Å². The molecule has 0 saturated heterocycles. The molecule has 0 unspecified atom stereocenters. The molecule has 6 heteroatoms. The van der Waals surface area contributed by atoms with Crippen molar-refractivity contribution >= 4 is 23.4 Å². The lowest BCUT2D eigenvalue weighted by molar-refractivity contribution is -0.113. The van der Waals surface area contributed by atoms with Gasteiger partial charge >= 0.3 is 0 Å². The Kier molecular flexibility index (Phi) is 7.75. The van der Waals surface area contributed by atoms with E-state index in [4.69, 9.17) is 0 Å². The molecule has 3 aromatic carbocycles. The number of nitrogens with one attached hydrogen (secondary N) is 1. The number of carbonyl (C=O) groups excluding carboxylic acids is 1. The molecule has 5 rings (SSSR count). The number of aromatic nitrogens is 3. The van der Waals surface area contributed by atoms with E-state index >= 15 is 0 Å². The average molecular weight is 511 g/mol. The maximum Gasteiger partial charge on any atom is 0.234 e. The molecule has 0 spiro atoms. The fourth-order valence-electron chi connectivity index (χ4n) is 5.37. The van der Waals surface area contributed by atoms with E-state index in [1.165, 1.54) is 47.7 Å². The molecule has 1 saturated carbocycles. The molecular formula is C31H34N4OS. The van der Waals surface area contributed by atoms with Crippen LogP contribution in [0.25, 0.3) is 22.5 Å². The van der Waals surface area contributed by atoms with Crippen molar-refractivity contribution in [3.05, 3.63) is 83.4 Å². The van der Waals surface area contributed by atoms with Crippen LogP contribution < -0.4 is 5.32 Å². The summed E-state index contributed by atoms with van der Waals surface area (Å²) < 4.78 is 2.29. The van der Waals surface area contributed by atoms with Gasteiger partial charge < -0.3 is 5.32 Å². The molecule has 0 radical (unpaired) electrons. The molecule has 190 valence electrons. The normalized spacial score (nSPS) is 14.0. The Morgan fingerprint density at radius 1 is 0.865 bits per heavy atom. The van der Waals surface area contributed by atoms with Crippen LogP contribution in [-0.4, -0.2) is 26.4 Å². The molecular weight excluding hydrogens is 476 g/mol. The Morgan fingerprint density at radius 2 is 1.49 bits per heavy atom. The van der Waals surface area contributed by atoms with Crippen LogP contribution in [0.3, 0.4) is 0 Å². The maximum absolute atomic E-state index is 12.9. The summed E-state index contributed by atoms with van der Waals surface area (Å²) in [5.74, 6) is 1.16. The van der Waals surface area contributed by atoms with Crippen molar-refractivity contribution in [3.8, 4) is 22.5 Å². The van der Waals surface area contributed by atoms with Crippen molar-refractivity contribution < 1.29 is 4.79 Å². The number of aryl methyl sites for hydroxylation is 3. The highest BCUT2D eigenvalue weighted by molar-refractivity contribution is 7.99. The minimum absolute atomic E-state index is 0.0213. The lowest BCUT2D eigenvalue weighted by Gasteiger charge is -2.25. The van der Waals surface area contributed by atoms with Crippen molar-refractivity contribution in [3.63, 3.8) is 0 Å². The Morgan fingerprint density at radius 3 is 2.16 bits per heavy atom. The molecule has 0 aliphatic heterocycles. The first-order valence-corrected chi connectivity index (χ1v) is 14.1. The summed E-state index contributed by atoms with van der Waals surface area (Å²) in [5, 5.41) is 13.1. The Bertz CT molecular complexity index is 1350. The van der Waals surface area contributed by atoms with Gasteiger partial charge in [0.1, 0.15) is 0 Å². The minimum Gasteiger partial charge on any atom is -0.325 e. The number of rotatable bonds is 7. The number of carbonyl (C=O) groups is 1. The van der Waals surface area contributed by atoms with E-state index in [1.54, 1.807) is 0 Å². The average Bonchev–Trinajstić information content (AvgIpc) is 3.34. The van der Waals surface area contributed by atoms with Crippen LogP contribution in [0, 0.1) is 20.8 Å². The van der Waals surface area contributed by atoms with Gasteiger partial charge in [0, 0.05) is 17.3 Å². The second kappa shape index (κ2) is 11.3. The smallest absolute Gasteiger partial charge is 0.234 e. The van der Waals surface area contributed by atoms with Gasteiger partial charge in [-0.25, -0.2) is 0 Å². The third kappa shape index (κ3) is 5.80. The van der Waals surface area contributed by atoms with Crippen LogP contribution in [0.4, 0.5) is 5.69 Å². The largest absolute Gasteiger partial charge is 0.325 e. The molecule has 4 aromatic rings. The summed E-state index contributed by atoms with van der Waals surface area (Å²) in [6.45, 7) is 6.15. The van der Waals surface area contributed by atoms with Crippen LogP contribution in [0.5, 0.6) is 0 Å². The number of benzene rings is 3. The molecule has 0 bridgehead atoms. The molecule has 1 N–H and O–H groups in total. The fourth-order valence-corrected chi connectivity index (χ4v) is 6.17. The minimum atomic E-state index is -0.0213. The zero-order chi connectivity index (χ0) is 25.8. The number of nitrogens with zero attached hydrogens (tertiary/aromatic N) is 3. The summed E-state index contributed by atoms with van der Waals surface area (Å²) in [6.07, 6.45) is 5.95. The van der Waals surface area contributed by atoms with Gasteiger partial charge in [0.25, 0.3) is 0 Å². The molecule has 5 nitrogen and oxygen atoms in total. The molecule has 37 heavy (non-hydrogen) atoms. The van der Waals surface area contributed by atoms with Gasteiger partial charge in [-0.3, -0.25) is 9.36 Å². The quantitative estimate of drug-likeness (QED) is 0.258. The SMILES string of the molecule is Cc1cc(C)c(NC(=O)CSc2nnc(-c3ccc(-c4ccccc4)cc3)n2C2CCCCC2)c(C)c1. The lowest BCUT2D eigenvalue weighted by atomic mass is 9.95. The first kappa shape index (κ1) is 25.3. The van der Waals surface area contributed by atoms with Gasteiger partial charge in [-0.05, 0) is 55.9 Å². The third-order valence-electron chi connectivity index (χ3n) is 7.13. The van der Waals surface area contributed by atoms with E-state index in [0.29, 0.717) is 11.8 Å². The van der Waals surface area contributed by atoms with Crippen LogP contribution in [-0.2, 0) is 4.79 Å². The number of amides is 1. The van der Waals surface area contributed by atoms with E-state index in [0.717, 1.165) is 46.2 Å². The Hall–Kier alpha value is -3.38. The molecule has 1 amide bonds. The highest BCUT2D eigenvalue weighted by atomic mass is 32.2. The first-order chi connectivity index (χ1) is 18.0. The summed E-state index contributed by atoms with van der Waals surface area (Å²) in [7, 11) is 0. The van der Waals surface area contributed by atoms with Gasteiger partial charge in [-0.15, -0.1) is 10.2 Å². The summed E-state index contributed by atoms with van der Waals surface area (Å²) in [5.41, 5.74) is 7.71. The van der Waals surface area contributed by atoms with Gasteiger partial charge in [0.05, 0.1) is 5.75 Å². The van der Waals surface area contributed by atoms with Crippen molar-refractivity contribution in [1.29, 1.82) is 0 Å². The van der Waals surface area contributed by atoms with Gasteiger partial charge in [0.15, 0.2) is 11.0 Å². The maximum atomic E-state index is 12.9. The predicted octanol–water partition coefficient (Wildman–Crippen LogP) is 7.77. The van der Waals surface area contributed by atoms with Gasteiger partial charge in [-0.2, -0.15) is 0 Å². The van der Waals surface area contributed by atoms with Crippen molar-refractivity contribution in [1.82, 2.24) is 14.8 Å². The molecule has 1 heterocycles. The monoisotopic (exact) mass is 510 g/mol. The van der Waals surface area contributed by atoms with Crippen molar-refractivity contribution in [2.24, 2.45) is 0 Å². The highest BCUT2D eigenvalue weighted by Gasteiger charge is 2.24. The van der Waals surface area contributed by atoms with E-state index in [-0.39, 0.29) is 5.91 Å². The zero-order valence-corrected chi connectivity index (χ0v) is 22.6. The molecule has 1 aromatic heterocycles. The standard InChI is InChI=1S/C31H34N4OS/c1-21-18-22(2)29(23(3)19-21)32-28(36)20-37-31-34-33-30(35(31)27-12-8-5-9-13-27)26-16-14-25(15-17-26)24-10-6-4-7-11-24/h4,6-7,10-11,14-19,27H,5,8-9,12-13,20H2,1-3H3,(H,32,36). The molecule has 0 atom stereocenters. The third-order valence-corrected chi connectivity index (χ3v) is 8.07. The second-order valence-electron chi connectivity index (χ2n) is 10.0. The summed E-state index contributed by atoms with van der Waals surface area (Å²) in [6, 6.07) is 23.5. The Balaban J connectivity index is 1.37. The molecule has 1 aliphatic carbocycles. The first-order valence-electron chi connectivity index (χ1n) is 13.1. The Labute approximate surface area is 223 Å². The number of hydrogen-bond acceptors (Lipinski definition) is 4. The lowest BCUT2D eigenvalue weighted by Crippen LogP contribution is -2.18. The van der Waals surface area contributed by atoms with Gasteiger partial charge in [-0.1, -0.05) is 103 Å². The molecule has 1 aliphatic rings. The van der Waals surface area contributed by atoms with Gasteiger partial charge in [0.2, 0.25) is 5.91 Å². The van der Waals surface area contributed by atoms with E-state index in [1.807, 2.05) is 19.9 Å². The van der Waals surface area contributed by atoms with Crippen molar-refractivity contribution in [2.45, 2.75) is 64.1 Å². The van der Waals surface area contributed by atoms with Crippen LogP contribution in [0.2, 0.25) is 0 Å². The predicted molar refractivity (Wildman–Crippen MR) is 153 cm³/mol. The summed E-state index contributed by atoms with van der Waals surface area (Å²) >= 11 is 1.48. The second-order valence-corrected chi connectivity index (χ2v) is 11.0. The summed E-state index contributed by atoms with van der Waals surface area (Å²) in [4.78, 5) is 12.9. The van der Waals surface area contributed by atoms with Crippen LogP contribution in [0.15, 0.2) is 71.9 Å². The number of thioether (sulfide) groups is 1. The molecule has 1 fully saturated rings. The van der Waals surface area contributed by atoms with E-state index < -0.39 is 0 Å². The fraction of sp³-hybridized carbons (Fsp3) is 0.323. The van der Waals surface area contributed by atoms with E-state index in [9.17, 15) is 4.79 Å². The van der Waals surface area contributed by atoms with Crippen LogP contribution in [0.1, 0.15) is 54.8 Å². The topological polar surface area (TPSA) is 59.8 Å². The zero-order valence-electron chi connectivity index (χ0n) is 21.8. The number of anilines is 1. The van der Waals surface area contributed by atoms with Crippen LogP contribution >= 0.6 is 11.8 Å². The van der Waals surface area contributed by atoms with Crippen molar-refractivity contribution in [2.75, 3.05) is 11.1 Å².